The lowest BCUT2D eigenvalue weighted by Gasteiger charge is -2.21. The maximum atomic E-state index is 10.7. The van der Waals surface area contributed by atoms with Crippen molar-refractivity contribution in [1.29, 1.82) is 0 Å². The largest absolute Gasteiger partial charge is 0.399 e. The van der Waals surface area contributed by atoms with Crippen LogP contribution in [0.3, 0.4) is 0 Å². The third-order valence-electron chi connectivity index (χ3n) is 3.09. The van der Waals surface area contributed by atoms with E-state index < -0.39 is 0 Å². The number of aldehydes is 1. The second kappa shape index (κ2) is 3.74. The number of benzene rings is 2. The molecule has 0 aliphatic heterocycles. The van der Waals surface area contributed by atoms with Crippen molar-refractivity contribution in [3.63, 3.8) is 0 Å². The highest BCUT2D eigenvalue weighted by Crippen LogP contribution is 2.38. The third kappa shape index (κ3) is 1.57. The highest BCUT2D eigenvalue weighted by Gasteiger charge is 2.18. The normalized spacial score (nSPS) is 12.3. The number of nitrogen functional groups attached to an aromatic ring is 2. The average Bonchev–Trinajstić information content (AvgIpc) is 2.29. The Balaban J connectivity index is 2.04. The molecule has 18 heavy (non-hydrogen) atoms. The van der Waals surface area contributed by atoms with Gasteiger partial charge in [0, 0.05) is 16.9 Å². The minimum Gasteiger partial charge on any atom is -0.399 e. The van der Waals surface area contributed by atoms with Crippen molar-refractivity contribution in [2.24, 2.45) is 0 Å². The SMILES string of the molecule is Nc1cc(N)cc(C2=Cc3cc(C=O)ccc32)c1. The molecule has 0 amide bonds. The minimum atomic E-state index is 0.656. The van der Waals surface area contributed by atoms with Gasteiger partial charge in [0.2, 0.25) is 0 Å². The Morgan fingerprint density at radius 1 is 0.944 bits per heavy atom. The highest BCUT2D eigenvalue weighted by atomic mass is 16.1. The van der Waals surface area contributed by atoms with Crippen molar-refractivity contribution in [2.75, 3.05) is 11.5 Å². The molecule has 0 saturated heterocycles. The molecule has 0 fully saturated rings. The van der Waals surface area contributed by atoms with Crippen LogP contribution in [0.1, 0.15) is 27.0 Å². The number of carbonyl (C=O) groups is 1. The monoisotopic (exact) mass is 236 g/mol. The van der Waals surface area contributed by atoms with Crippen LogP contribution in [0.15, 0.2) is 36.4 Å². The summed E-state index contributed by atoms with van der Waals surface area (Å²) in [6, 6.07) is 11.2. The van der Waals surface area contributed by atoms with Gasteiger partial charge in [-0.3, -0.25) is 4.79 Å². The van der Waals surface area contributed by atoms with Gasteiger partial charge in [0.1, 0.15) is 6.29 Å². The van der Waals surface area contributed by atoms with Crippen LogP contribution in [0.5, 0.6) is 0 Å². The lowest BCUT2D eigenvalue weighted by molar-refractivity contribution is 0.112. The van der Waals surface area contributed by atoms with Gasteiger partial charge in [0.25, 0.3) is 0 Å². The number of fused-ring (bicyclic) bond motifs is 1. The molecule has 4 N–H and O–H groups in total. The van der Waals surface area contributed by atoms with E-state index in [1.54, 1.807) is 6.07 Å². The molecular formula is C15H12N2O. The molecular weight excluding hydrogens is 224 g/mol. The maximum absolute atomic E-state index is 10.7. The molecule has 3 rings (SSSR count). The van der Waals surface area contributed by atoms with Gasteiger partial charge < -0.3 is 11.5 Å². The Hall–Kier alpha value is -2.55. The van der Waals surface area contributed by atoms with E-state index in [0.717, 1.165) is 28.5 Å². The van der Waals surface area contributed by atoms with Gasteiger partial charge in [-0.15, -0.1) is 0 Å². The summed E-state index contributed by atoms with van der Waals surface area (Å²) >= 11 is 0. The van der Waals surface area contributed by atoms with E-state index >= 15 is 0 Å². The molecule has 88 valence electrons. The first kappa shape index (κ1) is 10.6. The van der Waals surface area contributed by atoms with Crippen LogP contribution in [-0.4, -0.2) is 6.29 Å². The molecule has 0 spiro atoms. The molecule has 0 bridgehead atoms. The van der Waals surface area contributed by atoms with Crippen LogP contribution in [-0.2, 0) is 0 Å². The van der Waals surface area contributed by atoms with E-state index in [0.29, 0.717) is 16.9 Å². The Morgan fingerprint density at radius 2 is 1.67 bits per heavy atom. The summed E-state index contributed by atoms with van der Waals surface area (Å²) in [4.78, 5) is 10.7. The molecule has 1 aliphatic carbocycles. The van der Waals surface area contributed by atoms with Gasteiger partial charge in [-0.05, 0) is 52.6 Å². The van der Waals surface area contributed by atoms with Crippen LogP contribution < -0.4 is 11.5 Å². The van der Waals surface area contributed by atoms with Gasteiger partial charge in [-0.1, -0.05) is 12.1 Å². The van der Waals surface area contributed by atoms with E-state index in [1.165, 1.54) is 0 Å². The second-order valence-corrected chi connectivity index (χ2v) is 4.41. The molecule has 0 saturated carbocycles. The van der Waals surface area contributed by atoms with Gasteiger partial charge in [-0.25, -0.2) is 0 Å². The molecule has 0 aromatic heterocycles. The van der Waals surface area contributed by atoms with Crippen molar-refractivity contribution >= 4 is 29.3 Å². The van der Waals surface area contributed by atoms with Crippen LogP contribution in [0.4, 0.5) is 11.4 Å². The molecule has 1 aliphatic rings. The first-order chi connectivity index (χ1) is 8.67. The zero-order chi connectivity index (χ0) is 12.7. The standard InChI is InChI=1S/C15H12N2O/c16-12-4-11(5-13(17)7-12)15-6-10-3-9(8-18)1-2-14(10)15/h1-8H,16-17H2. The minimum absolute atomic E-state index is 0.656. The number of hydrogen-bond acceptors (Lipinski definition) is 3. The highest BCUT2D eigenvalue weighted by molar-refractivity contribution is 6.04. The fourth-order valence-corrected chi connectivity index (χ4v) is 2.25. The smallest absolute Gasteiger partial charge is 0.150 e. The van der Waals surface area contributed by atoms with Crippen LogP contribution >= 0.6 is 0 Å². The Bertz CT molecular complexity index is 667. The van der Waals surface area contributed by atoms with E-state index in [9.17, 15) is 4.79 Å². The summed E-state index contributed by atoms with van der Waals surface area (Å²) in [5.41, 5.74) is 17.9. The first-order valence-electron chi connectivity index (χ1n) is 5.65. The molecule has 0 unspecified atom stereocenters. The fraction of sp³-hybridized carbons (Fsp3) is 0. The summed E-state index contributed by atoms with van der Waals surface area (Å²) in [5, 5.41) is 0. The van der Waals surface area contributed by atoms with Crippen molar-refractivity contribution in [3.05, 3.63) is 58.7 Å². The quantitative estimate of drug-likeness (QED) is 0.530. The summed E-state index contributed by atoms with van der Waals surface area (Å²) < 4.78 is 0. The summed E-state index contributed by atoms with van der Waals surface area (Å²) in [6.45, 7) is 0. The number of rotatable bonds is 2. The summed E-state index contributed by atoms with van der Waals surface area (Å²) in [5.74, 6) is 0. The summed E-state index contributed by atoms with van der Waals surface area (Å²) in [7, 11) is 0. The second-order valence-electron chi connectivity index (χ2n) is 4.41. The van der Waals surface area contributed by atoms with Crippen molar-refractivity contribution in [2.45, 2.75) is 0 Å². The van der Waals surface area contributed by atoms with Gasteiger partial charge in [0.15, 0.2) is 0 Å². The molecule has 0 heterocycles. The maximum Gasteiger partial charge on any atom is 0.150 e. The fourth-order valence-electron chi connectivity index (χ4n) is 2.25. The van der Waals surface area contributed by atoms with E-state index in [-0.39, 0.29) is 0 Å². The zero-order valence-electron chi connectivity index (χ0n) is 9.68. The van der Waals surface area contributed by atoms with Crippen molar-refractivity contribution < 1.29 is 4.79 Å². The van der Waals surface area contributed by atoms with Crippen LogP contribution in [0.25, 0.3) is 11.6 Å². The summed E-state index contributed by atoms with van der Waals surface area (Å²) in [6.07, 6.45) is 2.89. The molecule has 2 aromatic rings. The van der Waals surface area contributed by atoms with Crippen LogP contribution in [0.2, 0.25) is 0 Å². The number of hydrogen-bond donors (Lipinski definition) is 2. The van der Waals surface area contributed by atoms with Gasteiger partial charge >= 0.3 is 0 Å². The Morgan fingerprint density at radius 3 is 2.28 bits per heavy atom. The molecule has 0 atom stereocenters. The van der Waals surface area contributed by atoms with E-state index in [4.69, 9.17) is 11.5 Å². The molecule has 3 heteroatoms. The lowest BCUT2D eigenvalue weighted by atomic mass is 9.83. The van der Waals surface area contributed by atoms with Crippen molar-refractivity contribution in [1.82, 2.24) is 0 Å². The average molecular weight is 236 g/mol. The van der Waals surface area contributed by atoms with Crippen molar-refractivity contribution in [3.8, 4) is 0 Å². The predicted molar refractivity (Wildman–Crippen MR) is 74.1 cm³/mol. The molecule has 3 nitrogen and oxygen atoms in total. The Labute approximate surface area is 105 Å². The number of anilines is 2. The Kier molecular flexibility index (Phi) is 2.20. The van der Waals surface area contributed by atoms with E-state index in [1.807, 2.05) is 36.4 Å². The topological polar surface area (TPSA) is 69.1 Å². The lowest BCUT2D eigenvalue weighted by Crippen LogP contribution is -2.03. The van der Waals surface area contributed by atoms with Crippen LogP contribution in [0, 0.1) is 0 Å². The van der Waals surface area contributed by atoms with Gasteiger partial charge in [0.05, 0.1) is 0 Å². The molecule has 2 aromatic carbocycles. The first-order valence-corrected chi connectivity index (χ1v) is 5.65. The molecule has 0 radical (unpaired) electrons. The number of carbonyl (C=O) groups excluding carboxylic acids is 1. The van der Waals surface area contributed by atoms with Gasteiger partial charge in [-0.2, -0.15) is 0 Å². The third-order valence-corrected chi connectivity index (χ3v) is 3.09. The van der Waals surface area contributed by atoms with E-state index in [2.05, 4.69) is 0 Å². The zero-order valence-corrected chi connectivity index (χ0v) is 9.68. The number of nitrogens with two attached hydrogens (primary N) is 2. The predicted octanol–water partition coefficient (Wildman–Crippen LogP) is 2.57.